The van der Waals surface area contributed by atoms with Crippen LogP contribution in [0.25, 0.3) is 22.3 Å². The second-order valence-corrected chi connectivity index (χ2v) is 10.00. The van der Waals surface area contributed by atoms with Crippen LogP contribution in [0.1, 0.15) is 75.3 Å². The zero-order chi connectivity index (χ0) is 25.7. The standard InChI is InChI=1S/C32H34F4/c1-3-5-6-8-25-17-18-26(30(34)29(25)33)23-13-15-24(16-14-23)28-20-19-27(31(35)32(28)36)22-11-9-21(7-4-2)10-12-22/h3,13-22H,1,4-12H2,2H3. The molecule has 1 fully saturated rings. The molecule has 3 aromatic carbocycles. The highest BCUT2D eigenvalue weighted by atomic mass is 19.2. The highest BCUT2D eigenvalue weighted by Crippen LogP contribution is 2.40. The molecule has 0 unspecified atom stereocenters. The van der Waals surface area contributed by atoms with Gasteiger partial charge in [-0.15, -0.1) is 6.58 Å². The summed E-state index contributed by atoms with van der Waals surface area (Å²) >= 11 is 0. The van der Waals surface area contributed by atoms with E-state index >= 15 is 8.78 Å². The lowest BCUT2D eigenvalue weighted by molar-refractivity contribution is 0.303. The van der Waals surface area contributed by atoms with E-state index in [1.165, 1.54) is 6.42 Å². The monoisotopic (exact) mass is 494 g/mol. The molecular weight excluding hydrogens is 460 g/mol. The number of halogens is 4. The van der Waals surface area contributed by atoms with Gasteiger partial charge in [0.15, 0.2) is 23.3 Å². The molecular formula is C32H34F4. The number of allylic oxidation sites excluding steroid dienone is 1. The Labute approximate surface area is 212 Å². The van der Waals surface area contributed by atoms with Crippen molar-refractivity contribution in [2.75, 3.05) is 0 Å². The number of hydrogen-bond acceptors (Lipinski definition) is 0. The Morgan fingerprint density at radius 3 is 1.92 bits per heavy atom. The van der Waals surface area contributed by atoms with Crippen molar-refractivity contribution < 1.29 is 17.6 Å². The van der Waals surface area contributed by atoms with Crippen LogP contribution in [0.4, 0.5) is 17.6 Å². The van der Waals surface area contributed by atoms with E-state index in [9.17, 15) is 8.78 Å². The largest absolute Gasteiger partial charge is 0.203 e. The highest BCUT2D eigenvalue weighted by Gasteiger charge is 2.26. The molecule has 0 atom stereocenters. The molecule has 4 heteroatoms. The van der Waals surface area contributed by atoms with E-state index in [-0.39, 0.29) is 17.0 Å². The quantitative estimate of drug-likeness (QED) is 0.158. The minimum absolute atomic E-state index is 0.0571. The summed E-state index contributed by atoms with van der Waals surface area (Å²) < 4.78 is 59.6. The first-order valence-corrected chi connectivity index (χ1v) is 13.1. The van der Waals surface area contributed by atoms with Gasteiger partial charge in [-0.05, 0) is 79.0 Å². The molecule has 0 amide bonds. The summed E-state index contributed by atoms with van der Waals surface area (Å²) in [5.74, 6) is -2.60. The van der Waals surface area contributed by atoms with Crippen LogP contribution < -0.4 is 0 Å². The van der Waals surface area contributed by atoms with Crippen molar-refractivity contribution in [2.45, 2.75) is 70.6 Å². The normalized spacial score (nSPS) is 17.8. The minimum atomic E-state index is -0.894. The van der Waals surface area contributed by atoms with Crippen molar-refractivity contribution in [3.8, 4) is 22.3 Å². The maximum Gasteiger partial charge on any atom is 0.166 e. The lowest BCUT2D eigenvalue weighted by atomic mass is 9.77. The summed E-state index contributed by atoms with van der Waals surface area (Å²) in [6.45, 7) is 5.83. The average Bonchev–Trinajstić information content (AvgIpc) is 2.89. The van der Waals surface area contributed by atoms with E-state index in [2.05, 4.69) is 13.5 Å². The molecule has 0 radical (unpaired) electrons. The Kier molecular flexibility index (Phi) is 8.66. The molecule has 36 heavy (non-hydrogen) atoms. The summed E-state index contributed by atoms with van der Waals surface area (Å²) in [4.78, 5) is 0. The lowest BCUT2D eigenvalue weighted by Gasteiger charge is -2.29. The molecule has 0 N–H and O–H groups in total. The molecule has 1 aliphatic rings. The van der Waals surface area contributed by atoms with Crippen molar-refractivity contribution >= 4 is 0 Å². The molecule has 0 aliphatic heterocycles. The van der Waals surface area contributed by atoms with Crippen LogP contribution in [-0.2, 0) is 6.42 Å². The van der Waals surface area contributed by atoms with Gasteiger partial charge < -0.3 is 0 Å². The Balaban J connectivity index is 1.52. The van der Waals surface area contributed by atoms with Gasteiger partial charge in [0.2, 0.25) is 0 Å². The van der Waals surface area contributed by atoms with Crippen LogP contribution in [0.5, 0.6) is 0 Å². The molecule has 190 valence electrons. The summed E-state index contributed by atoms with van der Waals surface area (Å²) in [6.07, 6.45) is 9.92. The van der Waals surface area contributed by atoms with Crippen molar-refractivity contribution in [3.63, 3.8) is 0 Å². The first-order chi connectivity index (χ1) is 17.4. The second-order valence-electron chi connectivity index (χ2n) is 10.00. The van der Waals surface area contributed by atoms with Gasteiger partial charge in [-0.2, -0.15) is 0 Å². The van der Waals surface area contributed by atoms with Crippen LogP contribution in [0.3, 0.4) is 0 Å². The van der Waals surface area contributed by atoms with Crippen LogP contribution in [-0.4, -0.2) is 0 Å². The Hall–Kier alpha value is -2.88. The fraction of sp³-hybridized carbons (Fsp3) is 0.375. The second kappa shape index (κ2) is 11.9. The third-order valence-corrected chi connectivity index (χ3v) is 7.62. The third kappa shape index (κ3) is 5.58. The van der Waals surface area contributed by atoms with Crippen LogP contribution in [0.2, 0.25) is 0 Å². The van der Waals surface area contributed by atoms with Gasteiger partial charge in [0, 0.05) is 11.1 Å². The maximum absolute atomic E-state index is 15.1. The molecule has 1 aliphatic carbocycles. The fourth-order valence-corrected chi connectivity index (χ4v) is 5.54. The molecule has 0 nitrogen and oxygen atoms in total. The zero-order valence-electron chi connectivity index (χ0n) is 20.9. The maximum atomic E-state index is 15.1. The summed E-state index contributed by atoms with van der Waals surface area (Å²) in [5, 5.41) is 0. The number of aryl methyl sites for hydroxylation is 1. The van der Waals surface area contributed by atoms with E-state index in [1.54, 1.807) is 54.6 Å². The Bertz CT molecular complexity index is 1190. The Morgan fingerprint density at radius 1 is 0.750 bits per heavy atom. The van der Waals surface area contributed by atoms with E-state index in [1.807, 2.05) is 0 Å². The van der Waals surface area contributed by atoms with Gasteiger partial charge in [-0.3, -0.25) is 0 Å². The van der Waals surface area contributed by atoms with Gasteiger partial charge in [0.25, 0.3) is 0 Å². The Morgan fingerprint density at radius 2 is 1.33 bits per heavy atom. The first-order valence-electron chi connectivity index (χ1n) is 13.1. The molecule has 3 aromatic rings. The van der Waals surface area contributed by atoms with E-state index in [0.29, 0.717) is 41.0 Å². The summed E-state index contributed by atoms with van der Waals surface area (Å²) in [5.41, 5.74) is 2.10. The zero-order valence-corrected chi connectivity index (χ0v) is 20.9. The molecule has 0 heterocycles. The van der Waals surface area contributed by atoms with Gasteiger partial charge in [0.1, 0.15) is 0 Å². The predicted molar refractivity (Wildman–Crippen MR) is 140 cm³/mol. The van der Waals surface area contributed by atoms with Crippen molar-refractivity contribution in [3.05, 3.63) is 95.6 Å². The van der Waals surface area contributed by atoms with Crippen LogP contribution in [0.15, 0.2) is 61.2 Å². The number of benzene rings is 3. The molecule has 1 saturated carbocycles. The summed E-state index contributed by atoms with van der Waals surface area (Å²) in [7, 11) is 0. The molecule has 4 rings (SSSR count). The lowest BCUT2D eigenvalue weighted by Crippen LogP contribution is -2.14. The number of unbranched alkanes of at least 4 members (excludes halogenated alkanes) is 1. The van der Waals surface area contributed by atoms with E-state index in [4.69, 9.17) is 0 Å². The van der Waals surface area contributed by atoms with E-state index < -0.39 is 23.3 Å². The van der Waals surface area contributed by atoms with Crippen LogP contribution in [0, 0.1) is 29.2 Å². The molecule has 0 spiro atoms. The molecule has 0 aromatic heterocycles. The van der Waals surface area contributed by atoms with Crippen molar-refractivity contribution in [2.24, 2.45) is 5.92 Å². The first kappa shape index (κ1) is 26.2. The highest BCUT2D eigenvalue weighted by molar-refractivity contribution is 5.71. The van der Waals surface area contributed by atoms with Gasteiger partial charge >= 0.3 is 0 Å². The smallest absolute Gasteiger partial charge is 0.166 e. The van der Waals surface area contributed by atoms with Crippen molar-refractivity contribution in [1.82, 2.24) is 0 Å². The number of hydrogen-bond donors (Lipinski definition) is 0. The summed E-state index contributed by atoms with van der Waals surface area (Å²) in [6, 6.07) is 13.0. The minimum Gasteiger partial charge on any atom is -0.203 e. The van der Waals surface area contributed by atoms with Crippen LogP contribution >= 0.6 is 0 Å². The number of rotatable bonds is 9. The third-order valence-electron chi connectivity index (χ3n) is 7.62. The average molecular weight is 495 g/mol. The van der Waals surface area contributed by atoms with E-state index in [0.717, 1.165) is 38.5 Å². The van der Waals surface area contributed by atoms with Gasteiger partial charge in [-0.1, -0.05) is 74.4 Å². The fourth-order valence-electron chi connectivity index (χ4n) is 5.54. The predicted octanol–water partition coefficient (Wildman–Crippen LogP) is 10.2. The SMILES string of the molecule is C=CCCCc1ccc(-c2ccc(-c3ccc(C4CCC(CCC)CC4)c(F)c3F)cc2)c(F)c1F. The topological polar surface area (TPSA) is 0 Å². The van der Waals surface area contributed by atoms with Crippen molar-refractivity contribution in [1.29, 1.82) is 0 Å². The molecule has 0 bridgehead atoms. The van der Waals surface area contributed by atoms with Gasteiger partial charge in [0.05, 0.1) is 0 Å². The van der Waals surface area contributed by atoms with Gasteiger partial charge in [-0.25, -0.2) is 17.6 Å². The molecule has 0 saturated heterocycles.